The van der Waals surface area contributed by atoms with Crippen molar-refractivity contribution < 1.29 is 0 Å². The molecule has 142 valence electrons. The summed E-state index contributed by atoms with van der Waals surface area (Å²) in [5.41, 5.74) is 6.25. The van der Waals surface area contributed by atoms with Crippen LogP contribution in [0.1, 0.15) is 30.0 Å². The predicted molar refractivity (Wildman–Crippen MR) is 126 cm³/mol. The molecule has 0 spiro atoms. The molecule has 5 aromatic rings. The van der Waals surface area contributed by atoms with E-state index in [1.165, 1.54) is 54.6 Å². The Balaban J connectivity index is 1.88. The van der Waals surface area contributed by atoms with Crippen LogP contribution in [0.3, 0.4) is 0 Å². The number of fused-ring (bicyclic) bond motifs is 5. The molecule has 0 unspecified atom stereocenters. The van der Waals surface area contributed by atoms with Crippen LogP contribution in [0.5, 0.6) is 0 Å². The fraction of sp³-hybridized carbons (Fsp3) is 0.179. The van der Waals surface area contributed by atoms with Crippen LogP contribution in [0.2, 0.25) is 0 Å². The van der Waals surface area contributed by atoms with Crippen LogP contribution in [-0.4, -0.2) is 4.98 Å². The van der Waals surface area contributed by atoms with Gasteiger partial charge in [0.25, 0.3) is 0 Å². The molecule has 0 amide bonds. The van der Waals surface area contributed by atoms with Crippen molar-refractivity contribution in [3.63, 3.8) is 0 Å². The lowest BCUT2D eigenvalue weighted by Gasteiger charge is -2.14. The Kier molecular flexibility index (Phi) is 4.32. The van der Waals surface area contributed by atoms with Crippen LogP contribution in [-0.2, 0) is 6.42 Å². The highest BCUT2D eigenvalue weighted by Crippen LogP contribution is 2.37. The summed E-state index contributed by atoms with van der Waals surface area (Å²) in [4.78, 5) is 4.79. The van der Waals surface area contributed by atoms with Gasteiger partial charge in [-0.3, -0.25) is 4.98 Å². The maximum absolute atomic E-state index is 4.79. The number of pyridine rings is 1. The van der Waals surface area contributed by atoms with E-state index in [1.54, 1.807) is 0 Å². The molecule has 0 bridgehead atoms. The average molecular weight is 376 g/mol. The van der Waals surface area contributed by atoms with Crippen LogP contribution in [0.15, 0.2) is 72.9 Å². The third-order valence-corrected chi connectivity index (χ3v) is 5.88. The molecule has 0 aliphatic heterocycles. The zero-order valence-corrected chi connectivity index (χ0v) is 17.3. The fourth-order valence-electron chi connectivity index (χ4n) is 4.74. The van der Waals surface area contributed by atoms with E-state index in [0.29, 0.717) is 0 Å². The topological polar surface area (TPSA) is 12.9 Å². The zero-order chi connectivity index (χ0) is 20.0. The molecule has 5 rings (SSSR count). The molecule has 1 nitrogen and oxygen atoms in total. The van der Waals surface area contributed by atoms with E-state index in [-0.39, 0.29) is 0 Å². The normalized spacial score (nSPS) is 11.6. The van der Waals surface area contributed by atoms with Gasteiger partial charge in [-0.25, -0.2) is 0 Å². The summed E-state index contributed by atoms with van der Waals surface area (Å²) < 4.78 is 0. The van der Waals surface area contributed by atoms with Crippen molar-refractivity contribution >= 4 is 32.3 Å². The van der Waals surface area contributed by atoms with Gasteiger partial charge in [0, 0.05) is 17.1 Å². The minimum Gasteiger partial charge on any atom is -0.256 e. The Morgan fingerprint density at radius 1 is 0.655 bits per heavy atom. The molecule has 1 aromatic heterocycles. The summed E-state index contributed by atoms with van der Waals surface area (Å²) in [6.45, 7) is 6.56. The van der Waals surface area contributed by atoms with Gasteiger partial charge in [0.05, 0.1) is 5.69 Å². The van der Waals surface area contributed by atoms with Crippen molar-refractivity contribution in [3.8, 4) is 11.3 Å². The Morgan fingerprint density at radius 2 is 1.31 bits per heavy atom. The largest absolute Gasteiger partial charge is 0.256 e. The Hall–Kier alpha value is -3.19. The molecule has 29 heavy (non-hydrogen) atoms. The third kappa shape index (κ3) is 2.98. The standard InChI is InChI=1S/C28H25N/c1-4-7-20-17-27-24(23-9-6-5-8-22(20)23)10-11-26-25(27)12-13-29-28(26)21-15-18(2)14-19(3)16-21/h5-6,8-17H,4,7H2,1-3H3. The molecule has 0 atom stereocenters. The van der Waals surface area contributed by atoms with Gasteiger partial charge >= 0.3 is 0 Å². The van der Waals surface area contributed by atoms with Crippen molar-refractivity contribution in [3.05, 3.63) is 89.6 Å². The molecule has 1 heterocycles. The highest BCUT2D eigenvalue weighted by molar-refractivity contribution is 6.19. The molecular weight excluding hydrogens is 350 g/mol. The first-order valence-electron chi connectivity index (χ1n) is 10.5. The first kappa shape index (κ1) is 17.9. The minimum atomic E-state index is 1.07. The quantitative estimate of drug-likeness (QED) is 0.293. The van der Waals surface area contributed by atoms with Crippen molar-refractivity contribution in [2.75, 3.05) is 0 Å². The molecule has 0 fully saturated rings. The molecule has 0 saturated heterocycles. The number of nitrogens with zero attached hydrogens (tertiary/aromatic N) is 1. The van der Waals surface area contributed by atoms with Gasteiger partial charge in [-0.15, -0.1) is 0 Å². The zero-order valence-electron chi connectivity index (χ0n) is 17.3. The maximum Gasteiger partial charge on any atom is 0.0780 e. The van der Waals surface area contributed by atoms with E-state index in [0.717, 1.165) is 18.5 Å². The van der Waals surface area contributed by atoms with Gasteiger partial charge in [0.2, 0.25) is 0 Å². The second-order valence-electron chi connectivity index (χ2n) is 8.12. The molecule has 1 heteroatoms. The van der Waals surface area contributed by atoms with Crippen LogP contribution < -0.4 is 0 Å². The highest BCUT2D eigenvalue weighted by atomic mass is 14.7. The summed E-state index contributed by atoms with van der Waals surface area (Å²) in [5, 5.41) is 7.89. The number of benzene rings is 4. The summed E-state index contributed by atoms with van der Waals surface area (Å²) in [6.07, 6.45) is 4.21. The van der Waals surface area contributed by atoms with Gasteiger partial charge in [-0.1, -0.05) is 66.9 Å². The maximum atomic E-state index is 4.79. The van der Waals surface area contributed by atoms with E-state index in [9.17, 15) is 0 Å². The molecule has 0 aliphatic carbocycles. The van der Waals surface area contributed by atoms with Gasteiger partial charge in [-0.05, 0) is 77.0 Å². The van der Waals surface area contributed by atoms with Gasteiger partial charge in [0.15, 0.2) is 0 Å². The Labute approximate surface area is 172 Å². The lowest BCUT2D eigenvalue weighted by atomic mass is 9.91. The lowest BCUT2D eigenvalue weighted by Crippen LogP contribution is -1.92. The van der Waals surface area contributed by atoms with Crippen molar-refractivity contribution in [2.45, 2.75) is 33.6 Å². The number of hydrogen-bond donors (Lipinski definition) is 0. The fourth-order valence-corrected chi connectivity index (χ4v) is 4.74. The number of hydrogen-bond acceptors (Lipinski definition) is 1. The first-order valence-corrected chi connectivity index (χ1v) is 10.5. The van der Waals surface area contributed by atoms with Crippen LogP contribution in [0.4, 0.5) is 0 Å². The smallest absolute Gasteiger partial charge is 0.0780 e. The Morgan fingerprint density at radius 3 is 2.07 bits per heavy atom. The van der Waals surface area contributed by atoms with Gasteiger partial charge in [-0.2, -0.15) is 0 Å². The van der Waals surface area contributed by atoms with Gasteiger partial charge in [0.1, 0.15) is 0 Å². The van der Waals surface area contributed by atoms with Crippen molar-refractivity contribution in [2.24, 2.45) is 0 Å². The van der Waals surface area contributed by atoms with Gasteiger partial charge < -0.3 is 0 Å². The summed E-state index contributed by atoms with van der Waals surface area (Å²) >= 11 is 0. The van der Waals surface area contributed by atoms with E-state index >= 15 is 0 Å². The SMILES string of the molecule is CCCc1cc2c3ccnc(-c4cc(C)cc(C)c4)c3ccc2c2ccccc12. The average Bonchev–Trinajstić information content (AvgIpc) is 2.73. The Bertz CT molecular complexity index is 1360. The summed E-state index contributed by atoms with van der Waals surface area (Å²) in [6, 6.07) is 24.6. The molecule has 0 aliphatic rings. The first-order chi connectivity index (χ1) is 14.2. The monoisotopic (exact) mass is 375 g/mol. The van der Waals surface area contributed by atoms with Crippen molar-refractivity contribution in [1.82, 2.24) is 4.98 Å². The number of rotatable bonds is 3. The number of aryl methyl sites for hydroxylation is 3. The molecule has 0 radical (unpaired) electrons. The lowest BCUT2D eigenvalue weighted by molar-refractivity contribution is 0.931. The summed E-state index contributed by atoms with van der Waals surface area (Å²) in [5.74, 6) is 0. The van der Waals surface area contributed by atoms with E-state index < -0.39 is 0 Å². The number of aromatic nitrogens is 1. The van der Waals surface area contributed by atoms with E-state index in [4.69, 9.17) is 4.98 Å². The second-order valence-corrected chi connectivity index (χ2v) is 8.12. The second kappa shape index (κ2) is 7.00. The summed E-state index contributed by atoms with van der Waals surface area (Å²) in [7, 11) is 0. The molecular formula is C28H25N. The van der Waals surface area contributed by atoms with Crippen LogP contribution >= 0.6 is 0 Å². The van der Waals surface area contributed by atoms with E-state index in [1.807, 2.05) is 6.20 Å². The predicted octanol–water partition coefficient (Wildman–Crippen LogP) is 7.78. The van der Waals surface area contributed by atoms with Crippen molar-refractivity contribution in [1.29, 1.82) is 0 Å². The molecule has 0 N–H and O–H groups in total. The van der Waals surface area contributed by atoms with E-state index in [2.05, 4.69) is 87.5 Å². The molecule has 0 saturated carbocycles. The highest BCUT2D eigenvalue weighted by Gasteiger charge is 2.12. The minimum absolute atomic E-state index is 1.07. The third-order valence-electron chi connectivity index (χ3n) is 5.88. The van der Waals surface area contributed by atoms with Crippen LogP contribution in [0.25, 0.3) is 43.6 Å². The van der Waals surface area contributed by atoms with Crippen LogP contribution in [0, 0.1) is 13.8 Å². The molecule has 4 aromatic carbocycles.